The van der Waals surface area contributed by atoms with Crippen molar-refractivity contribution in [2.75, 3.05) is 26.7 Å². The van der Waals surface area contributed by atoms with Gasteiger partial charge in [0.05, 0.1) is 17.0 Å². The van der Waals surface area contributed by atoms with Crippen LogP contribution in [0.1, 0.15) is 43.7 Å². The summed E-state index contributed by atoms with van der Waals surface area (Å²) in [6, 6.07) is 11.2. The SMILES string of the molecule is CN1CCCC1CCNC(=O)OC[C@H]1CCC(c2cccc(F)c2)N1S(=O)(=O)c1ccc(Cl)cc1. The number of nitrogens with one attached hydrogen (secondary N) is 1. The Morgan fingerprint density at radius 2 is 1.91 bits per heavy atom. The van der Waals surface area contributed by atoms with Gasteiger partial charge in [0.15, 0.2) is 0 Å². The lowest BCUT2D eigenvalue weighted by atomic mass is 10.1. The highest BCUT2D eigenvalue weighted by atomic mass is 35.5. The average molecular weight is 524 g/mol. The Kier molecular flexibility index (Phi) is 8.31. The summed E-state index contributed by atoms with van der Waals surface area (Å²) in [6.07, 6.45) is 3.53. The number of alkyl carbamates (subject to hydrolysis) is 1. The maximum absolute atomic E-state index is 14.0. The number of sulfonamides is 1. The van der Waals surface area contributed by atoms with Gasteiger partial charge in [-0.05, 0) is 87.7 Å². The molecule has 3 atom stereocenters. The van der Waals surface area contributed by atoms with Crippen LogP contribution < -0.4 is 5.32 Å². The molecule has 0 aromatic heterocycles. The molecule has 2 saturated heterocycles. The molecule has 35 heavy (non-hydrogen) atoms. The normalized spacial score (nSPS) is 23.5. The van der Waals surface area contributed by atoms with Crippen molar-refractivity contribution in [1.82, 2.24) is 14.5 Å². The maximum Gasteiger partial charge on any atom is 0.407 e. The lowest BCUT2D eigenvalue weighted by Crippen LogP contribution is -2.41. The van der Waals surface area contributed by atoms with E-state index in [0.29, 0.717) is 36.0 Å². The molecular formula is C25H31ClFN3O4S. The molecule has 0 spiro atoms. The molecule has 1 N–H and O–H groups in total. The molecule has 0 radical (unpaired) electrons. The molecule has 7 nitrogen and oxygen atoms in total. The highest BCUT2D eigenvalue weighted by Crippen LogP contribution is 2.41. The van der Waals surface area contributed by atoms with E-state index in [0.717, 1.165) is 25.8 Å². The number of halogens is 2. The van der Waals surface area contributed by atoms with Crippen LogP contribution in [-0.2, 0) is 14.8 Å². The van der Waals surface area contributed by atoms with E-state index < -0.39 is 34.0 Å². The van der Waals surface area contributed by atoms with E-state index >= 15 is 0 Å². The first-order chi connectivity index (χ1) is 16.8. The van der Waals surface area contributed by atoms with Gasteiger partial charge in [-0.1, -0.05) is 23.7 Å². The van der Waals surface area contributed by atoms with Crippen LogP contribution in [-0.4, -0.2) is 62.5 Å². The second kappa shape index (κ2) is 11.2. The molecular weight excluding hydrogens is 493 g/mol. The van der Waals surface area contributed by atoms with Gasteiger partial charge in [0, 0.05) is 17.6 Å². The van der Waals surface area contributed by atoms with Crippen LogP contribution in [0.4, 0.5) is 9.18 Å². The quantitative estimate of drug-likeness (QED) is 0.548. The second-order valence-corrected chi connectivity index (χ2v) is 11.5. The first-order valence-corrected chi connectivity index (χ1v) is 13.7. The molecule has 0 aliphatic carbocycles. The van der Waals surface area contributed by atoms with Gasteiger partial charge < -0.3 is 15.0 Å². The van der Waals surface area contributed by atoms with Gasteiger partial charge in [0.1, 0.15) is 12.4 Å². The Morgan fingerprint density at radius 3 is 2.60 bits per heavy atom. The summed E-state index contributed by atoms with van der Waals surface area (Å²) in [5, 5.41) is 3.20. The van der Waals surface area contributed by atoms with Crippen molar-refractivity contribution in [3.05, 3.63) is 64.9 Å². The molecule has 2 aliphatic rings. The van der Waals surface area contributed by atoms with Crippen molar-refractivity contribution in [2.45, 2.75) is 55.1 Å². The van der Waals surface area contributed by atoms with Gasteiger partial charge in [0.2, 0.25) is 10.0 Å². The van der Waals surface area contributed by atoms with E-state index in [1.165, 1.54) is 40.7 Å². The van der Waals surface area contributed by atoms with Crippen molar-refractivity contribution in [1.29, 1.82) is 0 Å². The molecule has 2 heterocycles. The number of benzene rings is 2. The molecule has 190 valence electrons. The monoisotopic (exact) mass is 523 g/mol. The van der Waals surface area contributed by atoms with Crippen molar-refractivity contribution >= 4 is 27.7 Å². The molecule has 2 aliphatic heterocycles. The lowest BCUT2D eigenvalue weighted by Gasteiger charge is -2.29. The van der Waals surface area contributed by atoms with Gasteiger partial charge in [-0.3, -0.25) is 0 Å². The number of likely N-dealkylation sites (tertiary alicyclic amines) is 1. The fourth-order valence-corrected chi connectivity index (χ4v) is 7.01. The Hall–Kier alpha value is -2.20. The van der Waals surface area contributed by atoms with Crippen molar-refractivity contribution < 1.29 is 22.3 Å². The molecule has 0 bridgehead atoms. The summed E-state index contributed by atoms with van der Waals surface area (Å²) in [4.78, 5) is 14.7. The molecule has 4 rings (SSSR count). The molecule has 1 amide bonds. The van der Waals surface area contributed by atoms with E-state index in [1.807, 2.05) is 0 Å². The Balaban J connectivity index is 1.46. The average Bonchev–Trinajstić information content (AvgIpc) is 3.44. The first kappa shape index (κ1) is 25.9. The van der Waals surface area contributed by atoms with E-state index in [4.69, 9.17) is 16.3 Å². The molecule has 2 aromatic rings. The van der Waals surface area contributed by atoms with Crippen molar-refractivity contribution in [3.8, 4) is 0 Å². The van der Waals surface area contributed by atoms with Crippen LogP contribution in [0.25, 0.3) is 0 Å². The zero-order chi connectivity index (χ0) is 25.0. The van der Waals surface area contributed by atoms with Crippen molar-refractivity contribution in [3.63, 3.8) is 0 Å². The molecule has 2 fully saturated rings. The smallest absolute Gasteiger partial charge is 0.407 e. The number of amides is 1. The highest BCUT2D eigenvalue weighted by molar-refractivity contribution is 7.89. The Morgan fingerprint density at radius 1 is 1.14 bits per heavy atom. The Bertz CT molecular complexity index is 1130. The fraction of sp³-hybridized carbons (Fsp3) is 0.480. The third kappa shape index (κ3) is 6.14. The van der Waals surface area contributed by atoms with E-state index in [2.05, 4.69) is 17.3 Å². The van der Waals surface area contributed by atoms with Crippen LogP contribution in [0.5, 0.6) is 0 Å². The van der Waals surface area contributed by atoms with Gasteiger partial charge in [-0.15, -0.1) is 0 Å². The third-order valence-electron chi connectivity index (χ3n) is 6.89. The predicted molar refractivity (Wildman–Crippen MR) is 132 cm³/mol. The topological polar surface area (TPSA) is 79.0 Å². The third-order valence-corrected chi connectivity index (χ3v) is 9.12. The summed E-state index contributed by atoms with van der Waals surface area (Å²) in [5.74, 6) is -0.432. The minimum absolute atomic E-state index is 0.0836. The number of carbonyl (C=O) groups excluding carboxylic acids is 1. The molecule has 2 aromatic carbocycles. The summed E-state index contributed by atoms with van der Waals surface area (Å²) in [6.45, 7) is 1.48. The van der Waals surface area contributed by atoms with Crippen molar-refractivity contribution in [2.24, 2.45) is 0 Å². The summed E-state index contributed by atoms with van der Waals surface area (Å²) in [7, 11) is -1.88. The van der Waals surface area contributed by atoms with E-state index in [-0.39, 0.29) is 11.5 Å². The maximum atomic E-state index is 14.0. The number of carbonyl (C=O) groups is 1. The van der Waals surface area contributed by atoms with E-state index in [1.54, 1.807) is 12.1 Å². The van der Waals surface area contributed by atoms with Gasteiger partial charge in [0.25, 0.3) is 0 Å². The Labute approximate surface area is 211 Å². The summed E-state index contributed by atoms with van der Waals surface area (Å²) in [5.41, 5.74) is 0.565. The minimum atomic E-state index is -3.96. The van der Waals surface area contributed by atoms with Crippen LogP contribution in [0.2, 0.25) is 5.02 Å². The van der Waals surface area contributed by atoms with E-state index in [9.17, 15) is 17.6 Å². The zero-order valence-corrected chi connectivity index (χ0v) is 21.3. The molecule has 0 saturated carbocycles. The largest absolute Gasteiger partial charge is 0.448 e. The number of nitrogens with zero attached hydrogens (tertiary/aromatic N) is 2. The van der Waals surface area contributed by atoms with Crippen LogP contribution in [0, 0.1) is 5.82 Å². The van der Waals surface area contributed by atoms with Gasteiger partial charge in [-0.2, -0.15) is 4.31 Å². The van der Waals surface area contributed by atoms with Crippen LogP contribution >= 0.6 is 11.6 Å². The van der Waals surface area contributed by atoms with Gasteiger partial charge in [-0.25, -0.2) is 17.6 Å². The standard InChI is InChI=1S/C25H31ClFN3O4S/c1-29-15-3-6-21(29)13-14-28-25(31)34-17-22-9-12-24(18-4-2-5-20(27)16-18)30(22)35(32,33)23-10-7-19(26)8-11-23/h2,4-5,7-8,10-11,16,21-22,24H,3,6,9,12-15,17H2,1H3,(H,28,31)/t21?,22-,24?/m1/s1. The predicted octanol–water partition coefficient (Wildman–Crippen LogP) is 4.58. The summed E-state index contributed by atoms with van der Waals surface area (Å²) < 4.78 is 48.0. The first-order valence-electron chi connectivity index (χ1n) is 11.9. The summed E-state index contributed by atoms with van der Waals surface area (Å²) >= 11 is 5.95. The number of rotatable bonds is 8. The number of ether oxygens (including phenoxy) is 1. The number of hydrogen-bond acceptors (Lipinski definition) is 5. The second-order valence-electron chi connectivity index (χ2n) is 9.18. The lowest BCUT2D eigenvalue weighted by molar-refractivity contribution is 0.120. The highest BCUT2D eigenvalue weighted by Gasteiger charge is 2.43. The molecule has 10 heteroatoms. The fourth-order valence-electron chi connectivity index (χ4n) is 5.04. The number of hydrogen-bond donors (Lipinski definition) is 1. The van der Waals surface area contributed by atoms with Crippen LogP contribution in [0.15, 0.2) is 53.4 Å². The minimum Gasteiger partial charge on any atom is -0.448 e. The van der Waals surface area contributed by atoms with Gasteiger partial charge >= 0.3 is 6.09 Å². The zero-order valence-electron chi connectivity index (χ0n) is 19.7. The van der Waals surface area contributed by atoms with Crippen LogP contribution in [0.3, 0.4) is 0 Å². The molecule has 2 unspecified atom stereocenters.